The van der Waals surface area contributed by atoms with Crippen molar-refractivity contribution in [2.75, 3.05) is 0 Å². The van der Waals surface area contributed by atoms with Crippen LogP contribution in [0.5, 0.6) is 0 Å². The van der Waals surface area contributed by atoms with Crippen molar-refractivity contribution in [1.82, 2.24) is 9.78 Å². The highest BCUT2D eigenvalue weighted by atomic mass is 16.4. The van der Waals surface area contributed by atoms with Gasteiger partial charge in [0, 0.05) is 18.7 Å². The van der Waals surface area contributed by atoms with Gasteiger partial charge < -0.3 is 5.11 Å². The van der Waals surface area contributed by atoms with E-state index in [1.54, 1.807) is 24.7 Å². The number of carbonyl (C=O) groups excluding carboxylic acids is 1. The molecule has 1 N–H and O–H groups in total. The lowest BCUT2D eigenvalue weighted by Gasteiger charge is -2.13. The first kappa shape index (κ1) is 13.4. The summed E-state index contributed by atoms with van der Waals surface area (Å²) in [4.78, 5) is 22.8. The summed E-state index contributed by atoms with van der Waals surface area (Å²) in [6.45, 7) is 5.97. The molecule has 94 valence electrons. The fourth-order valence-electron chi connectivity index (χ4n) is 1.55. The van der Waals surface area contributed by atoms with Gasteiger partial charge in [-0.15, -0.1) is 0 Å². The number of Topliss-reactive ketones (excluding diaryl/α,β-unsaturated/α-hetero) is 1. The van der Waals surface area contributed by atoms with Gasteiger partial charge in [-0.2, -0.15) is 5.10 Å². The van der Waals surface area contributed by atoms with E-state index in [1.807, 2.05) is 6.92 Å². The van der Waals surface area contributed by atoms with E-state index in [0.717, 1.165) is 13.0 Å². The molecule has 2 unspecified atom stereocenters. The standard InChI is InChI=1S/C12H18N2O3/c1-4-5-14-7-10(6-13-14)11(15)8(2)9(3)12(16)17/h6-9H,4-5H2,1-3H3,(H,16,17). The number of rotatable bonds is 6. The van der Waals surface area contributed by atoms with E-state index < -0.39 is 17.8 Å². The Balaban J connectivity index is 2.77. The largest absolute Gasteiger partial charge is 0.481 e. The molecule has 0 aliphatic carbocycles. The van der Waals surface area contributed by atoms with Crippen molar-refractivity contribution in [3.63, 3.8) is 0 Å². The topological polar surface area (TPSA) is 72.2 Å². The molecule has 1 heterocycles. The molecule has 5 nitrogen and oxygen atoms in total. The van der Waals surface area contributed by atoms with E-state index in [1.165, 1.54) is 6.20 Å². The SMILES string of the molecule is CCCn1cc(C(=O)C(C)C(C)C(=O)O)cn1. The Labute approximate surface area is 100 Å². The summed E-state index contributed by atoms with van der Waals surface area (Å²) in [5, 5.41) is 12.9. The lowest BCUT2D eigenvalue weighted by Crippen LogP contribution is -2.25. The maximum absolute atomic E-state index is 12.0. The third kappa shape index (κ3) is 3.15. The van der Waals surface area contributed by atoms with Crippen LogP contribution in [0.2, 0.25) is 0 Å². The predicted molar refractivity (Wildman–Crippen MR) is 62.8 cm³/mol. The molecule has 1 aromatic heterocycles. The number of hydrogen-bond donors (Lipinski definition) is 1. The summed E-state index contributed by atoms with van der Waals surface area (Å²) in [7, 11) is 0. The molecule has 0 bridgehead atoms. The summed E-state index contributed by atoms with van der Waals surface area (Å²) in [5.41, 5.74) is 0.485. The van der Waals surface area contributed by atoms with E-state index in [4.69, 9.17) is 5.11 Å². The predicted octanol–water partition coefficient (Wildman–Crippen LogP) is 1.83. The van der Waals surface area contributed by atoms with Gasteiger partial charge in [-0.1, -0.05) is 20.8 Å². The zero-order chi connectivity index (χ0) is 13.0. The number of carboxylic acid groups (broad SMARTS) is 1. The minimum atomic E-state index is -0.952. The minimum Gasteiger partial charge on any atom is -0.481 e. The van der Waals surface area contributed by atoms with Gasteiger partial charge in [0.1, 0.15) is 0 Å². The highest BCUT2D eigenvalue weighted by Gasteiger charge is 2.27. The molecule has 0 radical (unpaired) electrons. The smallest absolute Gasteiger partial charge is 0.306 e. The van der Waals surface area contributed by atoms with Gasteiger partial charge in [-0.05, 0) is 6.42 Å². The lowest BCUT2D eigenvalue weighted by atomic mass is 9.89. The molecule has 17 heavy (non-hydrogen) atoms. The molecule has 1 rings (SSSR count). The number of aliphatic carboxylic acids is 1. The molecule has 0 aromatic carbocycles. The second-order valence-corrected chi connectivity index (χ2v) is 4.27. The number of nitrogens with zero attached hydrogens (tertiary/aromatic N) is 2. The summed E-state index contributed by atoms with van der Waals surface area (Å²) in [6, 6.07) is 0. The average Bonchev–Trinajstić information content (AvgIpc) is 2.75. The van der Waals surface area contributed by atoms with Crippen LogP contribution in [0.25, 0.3) is 0 Å². The van der Waals surface area contributed by atoms with Crippen molar-refractivity contribution in [3.8, 4) is 0 Å². The Morgan fingerprint density at radius 3 is 2.59 bits per heavy atom. The Kier molecular flexibility index (Phi) is 4.43. The van der Waals surface area contributed by atoms with Crippen LogP contribution in [0.1, 0.15) is 37.6 Å². The van der Waals surface area contributed by atoms with Crippen molar-refractivity contribution < 1.29 is 14.7 Å². The van der Waals surface area contributed by atoms with Gasteiger partial charge in [0.15, 0.2) is 5.78 Å². The van der Waals surface area contributed by atoms with Gasteiger partial charge >= 0.3 is 5.97 Å². The van der Waals surface area contributed by atoms with Crippen LogP contribution in [0.3, 0.4) is 0 Å². The molecule has 5 heteroatoms. The molecule has 0 aliphatic heterocycles. The first-order valence-corrected chi connectivity index (χ1v) is 5.76. The summed E-state index contributed by atoms with van der Waals surface area (Å²) in [6.07, 6.45) is 4.12. The van der Waals surface area contributed by atoms with Crippen LogP contribution in [0.15, 0.2) is 12.4 Å². The Morgan fingerprint density at radius 1 is 1.41 bits per heavy atom. The number of carboxylic acids is 1. The summed E-state index contributed by atoms with van der Waals surface area (Å²) >= 11 is 0. The molecular formula is C12H18N2O3. The molecule has 0 spiro atoms. The molecular weight excluding hydrogens is 220 g/mol. The van der Waals surface area contributed by atoms with Crippen molar-refractivity contribution in [2.24, 2.45) is 11.8 Å². The molecule has 0 aliphatic rings. The Hall–Kier alpha value is -1.65. The molecule has 0 fully saturated rings. The molecule has 0 saturated carbocycles. The van der Waals surface area contributed by atoms with E-state index in [9.17, 15) is 9.59 Å². The second-order valence-electron chi connectivity index (χ2n) is 4.27. The van der Waals surface area contributed by atoms with Gasteiger partial charge in [-0.3, -0.25) is 14.3 Å². The van der Waals surface area contributed by atoms with Crippen LogP contribution in [-0.2, 0) is 11.3 Å². The van der Waals surface area contributed by atoms with Crippen LogP contribution in [-0.4, -0.2) is 26.6 Å². The number of aryl methyl sites for hydroxylation is 1. The normalized spacial score (nSPS) is 14.3. The quantitative estimate of drug-likeness (QED) is 0.767. The van der Waals surface area contributed by atoms with Gasteiger partial charge in [0.25, 0.3) is 0 Å². The maximum atomic E-state index is 12.0. The van der Waals surface area contributed by atoms with Crippen molar-refractivity contribution in [1.29, 1.82) is 0 Å². The first-order chi connectivity index (χ1) is 7.97. The molecule has 2 atom stereocenters. The summed E-state index contributed by atoms with van der Waals surface area (Å²) < 4.78 is 1.70. The zero-order valence-electron chi connectivity index (χ0n) is 10.4. The second kappa shape index (κ2) is 5.61. The van der Waals surface area contributed by atoms with Gasteiger partial charge in [-0.25, -0.2) is 0 Å². The highest BCUT2D eigenvalue weighted by Crippen LogP contribution is 2.17. The minimum absolute atomic E-state index is 0.165. The van der Waals surface area contributed by atoms with Crippen LogP contribution < -0.4 is 0 Å². The van der Waals surface area contributed by atoms with Crippen molar-refractivity contribution in [3.05, 3.63) is 18.0 Å². The zero-order valence-corrected chi connectivity index (χ0v) is 10.4. The van der Waals surface area contributed by atoms with Gasteiger partial charge in [0.05, 0.1) is 17.7 Å². The van der Waals surface area contributed by atoms with E-state index in [2.05, 4.69) is 5.10 Å². The summed E-state index contributed by atoms with van der Waals surface area (Å²) in [5.74, 6) is -2.34. The fourth-order valence-corrected chi connectivity index (χ4v) is 1.55. The third-order valence-electron chi connectivity index (χ3n) is 2.92. The average molecular weight is 238 g/mol. The molecule has 0 saturated heterocycles. The van der Waals surface area contributed by atoms with Crippen molar-refractivity contribution in [2.45, 2.75) is 33.7 Å². The number of ketones is 1. The van der Waals surface area contributed by atoms with Crippen LogP contribution in [0, 0.1) is 11.8 Å². The molecule has 0 amide bonds. The Morgan fingerprint density at radius 2 is 2.06 bits per heavy atom. The van der Waals surface area contributed by atoms with E-state index >= 15 is 0 Å². The number of hydrogen-bond acceptors (Lipinski definition) is 3. The van der Waals surface area contributed by atoms with Gasteiger partial charge in [0.2, 0.25) is 0 Å². The maximum Gasteiger partial charge on any atom is 0.306 e. The number of aromatic nitrogens is 2. The molecule has 1 aromatic rings. The van der Waals surface area contributed by atoms with E-state index in [0.29, 0.717) is 5.56 Å². The first-order valence-electron chi connectivity index (χ1n) is 5.76. The number of carbonyl (C=O) groups is 2. The Bertz CT molecular complexity index is 412. The van der Waals surface area contributed by atoms with Crippen LogP contribution in [0.4, 0.5) is 0 Å². The lowest BCUT2D eigenvalue weighted by molar-refractivity contribution is -0.142. The third-order valence-corrected chi connectivity index (χ3v) is 2.92. The monoisotopic (exact) mass is 238 g/mol. The highest BCUT2D eigenvalue weighted by molar-refractivity contribution is 5.99. The van der Waals surface area contributed by atoms with Crippen molar-refractivity contribution >= 4 is 11.8 Å². The fraction of sp³-hybridized carbons (Fsp3) is 0.583. The van der Waals surface area contributed by atoms with E-state index in [-0.39, 0.29) is 5.78 Å². The van der Waals surface area contributed by atoms with Crippen LogP contribution >= 0.6 is 0 Å².